The van der Waals surface area contributed by atoms with Crippen molar-refractivity contribution in [2.24, 2.45) is 0 Å². The predicted molar refractivity (Wildman–Crippen MR) is 78.8 cm³/mol. The average molecular weight is 278 g/mol. The average Bonchev–Trinajstić information content (AvgIpc) is 2.46. The standard InChI is InChI=1S/C15H22N2O3/c1-6-14(11-12(2)16(3)17(4)19-5)20-15-9-7-13(18)8-10-15/h7-11,18H,2,6H2,1,3-5H3/b14-11+. The minimum Gasteiger partial charge on any atom is -0.508 e. The van der Waals surface area contributed by atoms with E-state index in [0.717, 1.165) is 17.9 Å². The van der Waals surface area contributed by atoms with Crippen molar-refractivity contribution in [3.8, 4) is 11.5 Å². The van der Waals surface area contributed by atoms with Crippen LogP contribution < -0.4 is 4.74 Å². The normalized spacial score (nSPS) is 11.6. The monoisotopic (exact) mass is 278 g/mol. The molecule has 20 heavy (non-hydrogen) atoms. The van der Waals surface area contributed by atoms with E-state index >= 15 is 0 Å². The summed E-state index contributed by atoms with van der Waals surface area (Å²) in [5.74, 6) is 1.66. The van der Waals surface area contributed by atoms with Gasteiger partial charge in [-0.15, -0.1) is 5.17 Å². The van der Waals surface area contributed by atoms with Crippen LogP contribution in [0.15, 0.2) is 48.4 Å². The van der Waals surface area contributed by atoms with Crippen LogP contribution >= 0.6 is 0 Å². The summed E-state index contributed by atoms with van der Waals surface area (Å²) in [6.45, 7) is 5.97. The number of rotatable bonds is 7. The van der Waals surface area contributed by atoms with Crippen molar-refractivity contribution in [1.82, 2.24) is 10.2 Å². The molecule has 1 aromatic rings. The summed E-state index contributed by atoms with van der Waals surface area (Å²) in [6.07, 6.45) is 2.58. The first-order valence-corrected chi connectivity index (χ1v) is 6.35. The van der Waals surface area contributed by atoms with Crippen molar-refractivity contribution in [3.63, 3.8) is 0 Å². The highest BCUT2D eigenvalue weighted by Crippen LogP contribution is 2.20. The molecule has 110 valence electrons. The van der Waals surface area contributed by atoms with Crippen molar-refractivity contribution in [2.75, 3.05) is 21.2 Å². The molecule has 1 rings (SSSR count). The van der Waals surface area contributed by atoms with Crippen molar-refractivity contribution in [3.05, 3.63) is 48.4 Å². The first-order chi connectivity index (χ1) is 9.47. The van der Waals surface area contributed by atoms with E-state index in [1.165, 1.54) is 0 Å². The lowest BCUT2D eigenvalue weighted by Gasteiger charge is -2.28. The molecule has 0 aromatic heterocycles. The van der Waals surface area contributed by atoms with Gasteiger partial charge in [0.25, 0.3) is 0 Å². The van der Waals surface area contributed by atoms with Gasteiger partial charge in [0.15, 0.2) is 0 Å². The molecule has 0 fully saturated rings. The summed E-state index contributed by atoms with van der Waals surface area (Å²) >= 11 is 0. The summed E-state index contributed by atoms with van der Waals surface area (Å²) in [6, 6.07) is 6.60. The summed E-state index contributed by atoms with van der Waals surface area (Å²) in [5, 5.41) is 12.6. The second kappa shape index (κ2) is 7.57. The number of ether oxygens (including phenoxy) is 1. The van der Waals surface area contributed by atoms with Gasteiger partial charge in [0, 0.05) is 26.6 Å². The van der Waals surface area contributed by atoms with Gasteiger partial charge in [0.05, 0.1) is 12.8 Å². The molecule has 0 heterocycles. The largest absolute Gasteiger partial charge is 0.508 e. The molecular weight excluding hydrogens is 256 g/mol. The maximum Gasteiger partial charge on any atom is 0.127 e. The maximum absolute atomic E-state index is 9.24. The Bertz CT molecular complexity index is 469. The Hall–Kier alpha value is -1.98. The molecule has 0 radical (unpaired) electrons. The van der Waals surface area contributed by atoms with Crippen LogP contribution in [0.1, 0.15) is 13.3 Å². The molecular formula is C15H22N2O3. The van der Waals surface area contributed by atoms with Crippen LogP contribution in [0.25, 0.3) is 0 Å². The fourth-order valence-corrected chi connectivity index (χ4v) is 1.45. The minimum atomic E-state index is 0.213. The lowest BCUT2D eigenvalue weighted by atomic mass is 10.3. The molecule has 1 aromatic carbocycles. The van der Waals surface area contributed by atoms with Gasteiger partial charge < -0.3 is 9.84 Å². The van der Waals surface area contributed by atoms with Crippen LogP contribution in [0.3, 0.4) is 0 Å². The molecule has 0 aliphatic heterocycles. The zero-order valence-corrected chi connectivity index (χ0v) is 12.5. The first-order valence-electron chi connectivity index (χ1n) is 6.35. The second-order valence-electron chi connectivity index (χ2n) is 4.22. The van der Waals surface area contributed by atoms with E-state index in [1.54, 1.807) is 48.6 Å². The lowest BCUT2D eigenvalue weighted by Crippen LogP contribution is -2.34. The van der Waals surface area contributed by atoms with Gasteiger partial charge in [-0.2, -0.15) is 0 Å². The Morgan fingerprint density at radius 2 is 1.90 bits per heavy atom. The van der Waals surface area contributed by atoms with Gasteiger partial charge in [0.2, 0.25) is 0 Å². The molecule has 0 amide bonds. The summed E-state index contributed by atoms with van der Waals surface area (Å²) in [4.78, 5) is 5.08. The van der Waals surface area contributed by atoms with E-state index in [4.69, 9.17) is 9.57 Å². The van der Waals surface area contributed by atoms with Crippen molar-refractivity contribution >= 4 is 0 Å². The molecule has 0 saturated carbocycles. The van der Waals surface area contributed by atoms with E-state index in [9.17, 15) is 5.11 Å². The number of phenolic OH excluding ortho intramolecular Hbond substituents is 1. The Kier molecular flexibility index (Phi) is 6.09. The Morgan fingerprint density at radius 1 is 1.30 bits per heavy atom. The zero-order valence-electron chi connectivity index (χ0n) is 12.5. The van der Waals surface area contributed by atoms with E-state index < -0.39 is 0 Å². The Balaban J connectivity index is 2.76. The number of hydrazine groups is 1. The molecule has 5 heteroatoms. The van der Waals surface area contributed by atoms with Crippen LogP contribution in [-0.2, 0) is 4.84 Å². The Labute approximate surface area is 120 Å². The zero-order chi connectivity index (χ0) is 15.1. The van der Waals surface area contributed by atoms with Gasteiger partial charge in [-0.3, -0.25) is 9.85 Å². The highest BCUT2D eigenvalue weighted by Gasteiger charge is 2.07. The van der Waals surface area contributed by atoms with E-state index in [1.807, 2.05) is 20.0 Å². The van der Waals surface area contributed by atoms with Gasteiger partial charge in [-0.05, 0) is 24.3 Å². The van der Waals surface area contributed by atoms with Crippen LogP contribution in [0.5, 0.6) is 11.5 Å². The van der Waals surface area contributed by atoms with Crippen molar-refractivity contribution in [1.29, 1.82) is 0 Å². The smallest absolute Gasteiger partial charge is 0.127 e. The lowest BCUT2D eigenvalue weighted by molar-refractivity contribution is -0.224. The second-order valence-corrected chi connectivity index (χ2v) is 4.22. The first kappa shape index (κ1) is 16.1. The number of nitrogens with zero attached hydrogens (tertiary/aromatic N) is 2. The fraction of sp³-hybridized carbons (Fsp3) is 0.333. The molecule has 0 saturated heterocycles. The SMILES string of the molecule is C=C(/C=C(\CC)Oc1ccc(O)cc1)N(C)N(C)OC. The van der Waals surface area contributed by atoms with Crippen LogP contribution in [0.4, 0.5) is 0 Å². The third-order valence-corrected chi connectivity index (χ3v) is 2.86. The number of aromatic hydroxyl groups is 1. The molecule has 0 aliphatic rings. The van der Waals surface area contributed by atoms with E-state index in [2.05, 4.69) is 6.58 Å². The number of allylic oxidation sites excluding steroid dienone is 2. The molecule has 0 atom stereocenters. The molecule has 5 nitrogen and oxygen atoms in total. The molecule has 1 N–H and O–H groups in total. The van der Waals surface area contributed by atoms with Crippen LogP contribution in [0.2, 0.25) is 0 Å². The van der Waals surface area contributed by atoms with E-state index in [-0.39, 0.29) is 5.75 Å². The highest BCUT2D eigenvalue weighted by molar-refractivity contribution is 5.32. The summed E-state index contributed by atoms with van der Waals surface area (Å²) in [5.41, 5.74) is 0.741. The van der Waals surface area contributed by atoms with Gasteiger partial charge in [0.1, 0.15) is 17.3 Å². The third-order valence-electron chi connectivity index (χ3n) is 2.86. The quantitative estimate of drug-likeness (QED) is 0.472. The number of likely N-dealkylation sites (N-methyl/N-ethyl adjacent to an activating group) is 1. The molecule has 0 bridgehead atoms. The number of hydrogen-bond acceptors (Lipinski definition) is 5. The number of benzene rings is 1. The molecule has 0 unspecified atom stereocenters. The fourth-order valence-electron chi connectivity index (χ4n) is 1.45. The number of hydrogen-bond donors (Lipinski definition) is 1. The van der Waals surface area contributed by atoms with Gasteiger partial charge in [-0.25, -0.2) is 0 Å². The Morgan fingerprint density at radius 3 is 2.40 bits per heavy atom. The predicted octanol–water partition coefficient (Wildman–Crippen LogP) is 2.92. The minimum absolute atomic E-state index is 0.213. The number of phenols is 1. The van der Waals surface area contributed by atoms with Crippen molar-refractivity contribution in [2.45, 2.75) is 13.3 Å². The summed E-state index contributed by atoms with van der Waals surface area (Å²) < 4.78 is 5.76. The van der Waals surface area contributed by atoms with Gasteiger partial charge >= 0.3 is 0 Å². The summed E-state index contributed by atoms with van der Waals surface area (Å²) in [7, 11) is 5.21. The van der Waals surface area contributed by atoms with Crippen LogP contribution in [-0.4, -0.2) is 36.5 Å². The van der Waals surface area contributed by atoms with Crippen molar-refractivity contribution < 1.29 is 14.7 Å². The topological polar surface area (TPSA) is 45.2 Å². The third kappa shape index (κ3) is 4.60. The van der Waals surface area contributed by atoms with Crippen LogP contribution in [0, 0.1) is 0 Å². The van der Waals surface area contributed by atoms with E-state index in [0.29, 0.717) is 5.75 Å². The molecule has 0 aliphatic carbocycles. The van der Waals surface area contributed by atoms with Gasteiger partial charge in [-0.1, -0.05) is 13.5 Å². The maximum atomic E-state index is 9.24. The number of hydroxylamine groups is 1. The highest BCUT2D eigenvalue weighted by atomic mass is 16.7. The molecule has 0 spiro atoms.